The van der Waals surface area contributed by atoms with E-state index in [4.69, 9.17) is 4.74 Å². The first kappa shape index (κ1) is 12.7. The Hall–Kier alpha value is -1.75. The van der Waals surface area contributed by atoms with Crippen molar-refractivity contribution < 1.29 is 14.6 Å². The third-order valence-electron chi connectivity index (χ3n) is 3.32. The second kappa shape index (κ2) is 4.86. The molecule has 1 saturated heterocycles. The Morgan fingerprint density at radius 1 is 1.56 bits per heavy atom. The van der Waals surface area contributed by atoms with Crippen molar-refractivity contribution in [2.24, 2.45) is 0 Å². The van der Waals surface area contributed by atoms with Gasteiger partial charge in [-0.3, -0.25) is 0 Å². The monoisotopic (exact) mass is 250 g/mol. The van der Waals surface area contributed by atoms with Crippen LogP contribution >= 0.6 is 0 Å². The first-order valence-corrected chi connectivity index (χ1v) is 5.90. The molecule has 1 aromatic carbocycles. The minimum atomic E-state index is -0.902. The fourth-order valence-electron chi connectivity index (χ4n) is 2.31. The Kier molecular flexibility index (Phi) is 3.43. The van der Waals surface area contributed by atoms with Gasteiger partial charge in [0.15, 0.2) is 0 Å². The Labute approximate surface area is 106 Å². The molecule has 1 fully saturated rings. The number of nitrogens with one attached hydrogen (secondary N) is 1. The molecule has 1 aliphatic rings. The number of hydrogen-bond acceptors (Lipinski definition) is 4. The molecule has 2 N–H and O–H groups in total. The van der Waals surface area contributed by atoms with Gasteiger partial charge in [-0.2, -0.15) is 0 Å². The van der Waals surface area contributed by atoms with E-state index >= 15 is 0 Å². The number of ether oxygens (including phenoxy) is 1. The molecule has 1 aliphatic heterocycles. The molecule has 1 unspecified atom stereocenters. The number of benzene rings is 1. The number of hydrogen-bond donors (Lipinski definition) is 2. The first-order chi connectivity index (χ1) is 8.55. The van der Waals surface area contributed by atoms with Crippen LogP contribution in [0, 0.1) is 0 Å². The number of anilines is 1. The van der Waals surface area contributed by atoms with Crippen LogP contribution < -0.4 is 10.1 Å². The molecule has 0 spiro atoms. The van der Waals surface area contributed by atoms with Crippen molar-refractivity contribution in [3.63, 3.8) is 0 Å². The van der Waals surface area contributed by atoms with Gasteiger partial charge in [-0.1, -0.05) is 6.07 Å². The van der Waals surface area contributed by atoms with Crippen molar-refractivity contribution >= 4 is 11.7 Å². The predicted octanol–water partition coefficient (Wildman–Crippen LogP) is 1.27. The van der Waals surface area contributed by atoms with Gasteiger partial charge >= 0.3 is 5.97 Å². The highest BCUT2D eigenvalue weighted by atomic mass is 16.5. The van der Waals surface area contributed by atoms with Gasteiger partial charge in [-0.15, -0.1) is 0 Å². The molecule has 1 atom stereocenters. The molecular formula is C13H18N2O3. The third kappa shape index (κ3) is 2.41. The normalized spacial score (nSPS) is 23.9. The number of carbonyl (C=O) groups is 1. The summed E-state index contributed by atoms with van der Waals surface area (Å²) in [5.41, 5.74) is -0.131. The van der Waals surface area contributed by atoms with Gasteiger partial charge < -0.3 is 20.1 Å². The zero-order valence-corrected chi connectivity index (χ0v) is 10.6. The lowest BCUT2D eigenvalue weighted by Crippen LogP contribution is -2.48. The standard InChI is InChI=1S/C13H18N2O3/c1-15-7-6-13(9-15,12(16)17)14-10-4-3-5-11(8-10)18-2/h3-5,8,14H,6-7,9H2,1-2H3,(H,16,17). The lowest BCUT2D eigenvalue weighted by atomic mass is 9.98. The SMILES string of the molecule is COc1cccc(NC2(C(=O)O)CCN(C)C2)c1. The second-order valence-corrected chi connectivity index (χ2v) is 4.73. The Balaban J connectivity index is 2.21. The van der Waals surface area contributed by atoms with E-state index in [0.29, 0.717) is 18.7 Å². The first-order valence-electron chi connectivity index (χ1n) is 5.90. The van der Waals surface area contributed by atoms with E-state index in [1.807, 2.05) is 36.2 Å². The molecule has 0 radical (unpaired) electrons. The van der Waals surface area contributed by atoms with Crippen LogP contribution in [0.25, 0.3) is 0 Å². The van der Waals surface area contributed by atoms with Crippen LogP contribution in [0.4, 0.5) is 5.69 Å². The summed E-state index contributed by atoms with van der Waals surface area (Å²) in [6.45, 7) is 1.28. The summed E-state index contributed by atoms with van der Waals surface area (Å²) in [6, 6.07) is 7.34. The molecule has 18 heavy (non-hydrogen) atoms. The Morgan fingerprint density at radius 2 is 2.33 bits per heavy atom. The maximum atomic E-state index is 11.5. The molecule has 1 aromatic rings. The number of aliphatic carboxylic acids is 1. The molecule has 98 valence electrons. The number of nitrogens with zero attached hydrogens (tertiary/aromatic N) is 1. The van der Waals surface area contributed by atoms with Crippen LogP contribution in [0.1, 0.15) is 6.42 Å². The molecular weight excluding hydrogens is 232 g/mol. The Morgan fingerprint density at radius 3 is 2.89 bits per heavy atom. The van der Waals surface area contributed by atoms with Gasteiger partial charge in [0.2, 0.25) is 0 Å². The van der Waals surface area contributed by atoms with E-state index in [9.17, 15) is 9.90 Å². The number of carboxylic acid groups (broad SMARTS) is 1. The highest BCUT2D eigenvalue weighted by Crippen LogP contribution is 2.27. The highest BCUT2D eigenvalue weighted by Gasteiger charge is 2.43. The van der Waals surface area contributed by atoms with Crippen molar-refractivity contribution in [3.8, 4) is 5.75 Å². The molecule has 0 aliphatic carbocycles. The van der Waals surface area contributed by atoms with Crippen molar-refractivity contribution in [1.29, 1.82) is 0 Å². The smallest absolute Gasteiger partial charge is 0.330 e. The maximum absolute atomic E-state index is 11.5. The molecule has 0 saturated carbocycles. The van der Waals surface area contributed by atoms with Crippen LogP contribution in [0.2, 0.25) is 0 Å². The fourth-order valence-corrected chi connectivity index (χ4v) is 2.31. The minimum absolute atomic E-state index is 0.500. The second-order valence-electron chi connectivity index (χ2n) is 4.73. The molecule has 5 nitrogen and oxygen atoms in total. The van der Waals surface area contributed by atoms with Crippen molar-refractivity contribution in [3.05, 3.63) is 24.3 Å². The van der Waals surface area contributed by atoms with E-state index in [2.05, 4.69) is 5.32 Å². The van der Waals surface area contributed by atoms with E-state index in [-0.39, 0.29) is 0 Å². The number of rotatable bonds is 4. The van der Waals surface area contributed by atoms with Crippen LogP contribution in [0.3, 0.4) is 0 Å². The quantitative estimate of drug-likeness (QED) is 0.842. The summed E-state index contributed by atoms with van der Waals surface area (Å²) >= 11 is 0. The van der Waals surface area contributed by atoms with Crippen molar-refractivity contribution in [1.82, 2.24) is 4.90 Å². The van der Waals surface area contributed by atoms with Gasteiger partial charge in [-0.25, -0.2) is 4.79 Å². The summed E-state index contributed by atoms with van der Waals surface area (Å²) in [6.07, 6.45) is 0.593. The van der Waals surface area contributed by atoms with Crippen molar-refractivity contribution in [2.45, 2.75) is 12.0 Å². The van der Waals surface area contributed by atoms with Gasteiger partial charge in [0, 0.05) is 24.8 Å². The zero-order valence-electron chi connectivity index (χ0n) is 10.6. The summed E-state index contributed by atoms with van der Waals surface area (Å²) in [4.78, 5) is 13.5. The molecule has 0 amide bonds. The van der Waals surface area contributed by atoms with Gasteiger partial charge in [0.25, 0.3) is 0 Å². The number of likely N-dealkylation sites (N-methyl/N-ethyl adjacent to an activating group) is 1. The average molecular weight is 250 g/mol. The third-order valence-corrected chi connectivity index (χ3v) is 3.32. The highest BCUT2D eigenvalue weighted by molar-refractivity contribution is 5.83. The molecule has 0 aromatic heterocycles. The van der Waals surface area contributed by atoms with E-state index < -0.39 is 11.5 Å². The topological polar surface area (TPSA) is 61.8 Å². The van der Waals surface area contributed by atoms with Gasteiger partial charge in [-0.05, 0) is 25.6 Å². The van der Waals surface area contributed by atoms with Crippen LogP contribution in [-0.2, 0) is 4.79 Å². The number of methoxy groups -OCH3 is 1. The van der Waals surface area contributed by atoms with E-state index in [0.717, 1.165) is 12.2 Å². The molecule has 1 heterocycles. The van der Waals surface area contributed by atoms with Gasteiger partial charge in [0.1, 0.15) is 11.3 Å². The lowest BCUT2D eigenvalue weighted by Gasteiger charge is -2.26. The average Bonchev–Trinajstić information content (AvgIpc) is 2.72. The van der Waals surface area contributed by atoms with E-state index in [1.54, 1.807) is 7.11 Å². The lowest BCUT2D eigenvalue weighted by molar-refractivity contribution is -0.141. The van der Waals surface area contributed by atoms with Crippen LogP contribution in [0.15, 0.2) is 24.3 Å². The summed E-state index contributed by atoms with van der Waals surface area (Å²) in [5, 5.41) is 12.6. The summed E-state index contributed by atoms with van der Waals surface area (Å²) in [5.74, 6) is -0.0958. The fraction of sp³-hybridized carbons (Fsp3) is 0.462. The minimum Gasteiger partial charge on any atom is -0.497 e. The number of likely N-dealkylation sites (tertiary alicyclic amines) is 1. The summed E-state index contributed by atoms with van der Waals surface area (Å²) in [7, 11) is 3.52. The summed E-state index contributed by atoms with van der Waals surface area (Å²) < 4.78 is 5.14. The number of carboxylic acids is 1. The van der Waals surface area contributed by atoms with Crippen LogP contribution in [-0.4, -0.2) is 48.8 Å². The largest absolute Gasteiger partial charge is 0.497 e. The molecule has 0 bridgehead atoms. The maximum Gasteiger partial charge on any atom is 0.330 e. The Bertz CT molecular complexity index is 450. The molecule has 5 heteroatoms. The molecule has 2 rings (SSSR count). The van der Waals surface area contributed by atoms with Crippen molar-refractivity contribution in [2.75, 3.05) is 32.6 Å². The van der Waals surface area contributed by atoms with E-state index in [1.165, 1.54) is 0 Å². The van der Waals surface area contributed by atoms with Crippen LogP contribution in [0.5, 0.6) is 5.75 Å². The zero-order chi connectivity index (χ0) is 13.2. The predicted molar refractivity (Wildman–Crippen MR) is 69.1 cm³/mol. The van der Waals surface area contributed by atoms with Gasteiger partial charge in [0.05, 0.1) is 7.11 Å².